The van der Waals surface area contributed by atoms with E-state index in [1.54, 1.807) is 17.9 Å². The number of hydrogen-bond donors (Lipinski definition) is 3. The number of pyridine rings is 1. The fourth-order valence-electron chi connectivity index (χ4n) is 3.59. The molecule has 1 aromatic heterocycles. The van der Waals surface area contributed by atoms with Crippen molar-refractivity contribution in [1.82, 2.24) is 15.2 Å². The number of carbonyl (C=O) groups excluding carboxylic acids is 3. The monoisotopic (exact) mass is 395 g/mol. The van der Waals surface area contributed by atoms with E-state index in [2.05, 4.69) is 15.6 Å². The first-order valence-electron chi connectivity index (χ1n) is 9.51. The SMILES string of the molecule is CC(=O)N[C@H]1CCN(C(=O)C(=O)Nc2cnc(N)c(C)c2)[C@@H](c2ccccc2)C1. The summed E-state index contributed by atoms with van der Waals surface area (Å²) in [6.45, 7) is 3.62. The van der Waals surface area contributed by atoms with Crippen LogP contribution in [-0.4, -0.2) is 40.2 Å². The molecule has 2 atom stereocenters. The normalized spacial score (nSPS) is 18.8. The number of nitrogens with two attached hydrogens (primary N) is 1. The number of benzene rings is 1. The molecule has 152 valence electrons. The first-order valence-corrected chi connectivity index (χ1v) is 9.51. The minimum atomic E-state index is -0.727. The predicted molar refractivity (Wildman–Crippen MR) is 110 cm³/mol. The van der Waals surface area contributed by atoms with Crippen LogP contribution in [-0.2, 0) is 14.4 Å². The van der Waals surface area contributed by atoms with E-state index in [-0.39, 0.29) is 18.0 Å². The average Bonchev–Trinajstić information content (AvgIpc) is 2.70. The van der Waals surface area contributed by atoms with Crippen molar-refractivity contribution >= 4 is 29.2 Å². The lowest BCUT2D eigenvalue weighted by Crippen LogP contribution is -2.50. The summed E-state index contributed by atoms with van der Waals surface area (Å²) < 4.78 is 0. The lowest BCUT2D eigenvalue weighted by Gasteiger charge is -2.39. The number of nitrogen functional groups attached to an aromatic ring is 1. The Morgan fingerprint density at radius 1 is 1.21 bits per heavy atom. The lowest BCUT2D eigenvalue weighted by atomic mass is 9.91. The van der Waals surface area contributed by atoms with Crippen molar-refractivity contribution in [3.8, 4) is 0 Å². The summed E-state index contributed by atoms with van der Waals surface area (Å²) in [7, 11) is 0. The Bertz CT molecular complexity index is 916. The van der Waals surface area contributed by atoms with E-state index in [1.807, 2.05) is 30.3 Å². The van der Waals surface area contributed by atoms with Crippen molar-refractivity contribution in [2.24, 2.45) is 0 Å². The van der Waals surface area contributed by atoms with Gasteiger partial charge in [0.1, 0.15) is 5.82 Å². The molecule has 1 aromatic carbocycles. The molecule has 0 bridgehead atoms. The maximum absolute atomic E-state index is 12.9. The Morgan fingerprint density at radius 2 is 1.93 bits per heavy atom. The second-order valence-electron chi connectivity index (χ2n) is 7.23. The lowest BCUT2D eigenvalue weighted by molar-refractivity contribution is -0.146. The van der Waals surface area contributed by atoms with Crippen LogP contribution in [0.3, 0.4) is 0 Å². The predicted octanol–water partition coefficient (Wildman–Crippen LogP) is 1.78. The minimum Gasteiger partial charge on any atom is -0.383 e. The van der Waals surface area contributed by atoms with E-state index in [4.69, 9.17) is 5.73 Å². The molecule has 1 fully saturated rings. The topological polar surface area (TPSA) is 117 Å². The summed E-state index contributed by atoms with van der Waals surface area (Å²) in [5.41, 5.74) is 7.75. The molecule has 29 heavy (non-hydrogen) atoms. The molecule has 4 N–H and O–H groups in total. The van der Waals surface area contributed by atoms with Crippen LogP contribution in [0.4, 0.5) is 11.5 Å². The molecule has 3 amide bonds. The van der Waals surface area contributed by atoms with Crippen LogP contribution in [0.15, 0.2) is 42.6 Å². The Labute approximate surface area is 169 Å². The van der Waals surface area contributed by atoms with Gasteiger partial charge in [-0.25, -0.2) is 4.98 Å². The molecule has 1 saturated heterocycles. The summed E-state index contributed by atoms with van der Waals surface area (Å²) in [5, 5.41) is 5.53. The number of aryl methyl sites for hydroxylation is 1. The summed E-state index contributed by atoms with van der Waals surface area (Å²) in [6, 6.07) is 10.8. The van der Waals surface area contributed by atoms with Gasteiger partial charge < -0.3 is 21.3 Å². The second-order valence-corrected chi connectivity index (χ2v) is 7.23. The van der Waals surface area contributed by atoms with Crippen LogP contribution in [0.25, 0.3) is 0 Å². The third-order valence-electron chi connectivity index (χ3n) is 5.03. The largest absolute Gasteiger partial charge is 0.383 e. The maximum Gasteiger partial charge on any atom is 0.313 e. The van der Waals surface area contributed by atoms with Crippen molar-refractivity contribution in [2.45, 2.75) is 38.8 Å². The molecule has 2 heterocycles. The van der Waals surface area contributed by atoms with Crippen LogP contribution in [0.1, 0.15) is 36.9 Å². The number of carbonyl (C=O) groups is 3. The summed E-state index contributed by atoms with van der Waals surface area (Å²) >= 11 is 0. The van der Waals surface area contributed by atoms with Gasteiger partial charge in [-0.2, -0.15) is 0 Å². The molecule has 0 unspecified atom stereocenters. The third kappa shape index (κ3) is 4.90. The van der Waals surface area contributed by atoms with E-state index < -0.39 is 11.8 Å². The van der Waals surface area contributed by atoms with E-state index in [1.165, 1.54) is 13.1 Å². The molecule has 3 rings (SSSR count). The van der Waals surface area contributed by atoms with Crippen LogP contribution in [0, 0.1) is 6.92 Å². The van der Waals surface area contributed by atoms with Gasteiger partial charge in [0.15, 0.2) is 0 Å². The minimum absolute atomic E-state index is 0.0474. The van der Waals surface area contributed by atoms with Gasteiger partial charge in [0.05, 0.1) is 17.9 Å². The zero-order valence-electron chi connectivity index (χ0n) is 16.5. The molecule has 1 aliphatic heterocycles. The Kier molecular flexibility index (Phi) is 6.11. The van der Waals surface area contributed by atoms with Gasteiger partial charge in [0.2, 0.25) is 5.91 Å². The number of amides is 3. The quantitative estimate of drug-likeness (QED) is 0.685. The molecular formula is C21H25N5O3. The van der Waals surface area contributed by atoms with E-state index in [0.29, 0.717) is 36.5 Å². The standard InChI is InChI=1S/C21H25N5O3/c1-13-10-17(12-23-19(13)22)25-20(28)21(29)26-9-8-16(24-14(2)27)11-18(26)15-6-4-3-5-7-15/h3-7,10,12,16,18H,8-9,11H2,1-2H3,(H2,22,23)(H,24,27)(H,25,28)/t16-,18+/m0/s1. The molecule has 0 spiro atoms. The number of piperidine rings is 1. The van der Waals surface area contributed by atoms with Gasteiger partial charge in [-0.3, -0.25) is 14.4 Å². The molecule has 0 saturated carbocycles. The van der Waals surface area contributed by atoms with E-state index in [0.717, 1.165) is 5.56 Å². The van der Waals surface area contributed by atoms with Crippen LogP contribution in [0.2, 0.25) is 0 Å². The number of nitrogens with one attached hydrogen (secondary N) is 2. The van der Waals surface area contributed by atoms with Crippen molar-refractivity contribution < 1.29 is 14.4 Å². The van der Waals surface area contributed by atoms with Gasteiger partial charge in [-0.15, -0.1) is 0 Å². The summed E-state index contributed by atoms with van der Waals surface area (Å²) in [5.74, 6) is -1.08. The number of hydrogen-bond acceptors (Lipinski definition) is 5. The van der Waals surface area contributed by atoms with Crippen molar-refractivity contribution in [3.05, 3.63) is 53.7 Å². The van der Waals surface area contributed by atoms with Crippen molar-refractivity contribution in [3.63, 3.8) is 0 Å². The highest BCUT2D eigenvalue weighted by atomic mass is 16.2. The van der Waals surface area contributed by atoms with E-state index in [9.17, 15) is 14.4 Å². The first kappa shape index (κ1) is 20.3. The highest BCUT2D eigenvalue weighted by Gasteiger charge is 2.35. The summed E-state index contributed by atoms with van der Waals surface area (Å²) in [4.78, 5) is 42.6. The number of likely N-dealkylation sites (tertiary alicyclic amines) is 1. The Morgan fingerprint density at radius 3 is 2.59 bits per heavy atom. The highest BCUT2D eigenvalue weighted by Crippen LogP contribution is 2.31. The molecule has 0 radical (unpaired) electrons. The van der Waals surface area contributed by atoms with Crippen LogP contribution in [0.5, 0.6) is 0 Å². The molecule has 2 aromatic rings. The molecule has 8 nitrogen and oxygen atoms in total. The fraction of sp³-hybridized carbons (Fsp3) is 0.333. The van der Waals surface area contributed by atoms with Gasteiger partial charge in [0, 0.05) is 19.5 Å². The summed E-state index contributed by atoms with van der Waals surface area (Å²) in [6.07, 6.45) is 2.56. The molecule has 1 aliphatic rings. The van der Waals surface area contributed by atoms with Gasteiger partial charge in [-0.05, 0) is 37.0 Å². The molecule has 0 aliphatic carbocycles. The van der Waals surface area contributed by atoms with Crippen molar-refractivity contribution in [2.75, 3.05) is 17.6 Å². The van der Waals surface area contributed by atoms with Crippen LogP contribution >= 0.6 is 0 Å². The average molecular weight is 395 g/mol. The number of rotatable bonds is 3. The second kappa shape index (κ2) is 8.72. The van der Waals surface area contributed by atoms with Gasteiger partial charge in [-0.1, -0.05) is 30.3 Å². The Hall–Kier alpha value is -3.42. The van der Waals surface area contributed by atoms with E-state index >= 15 is 0 Å². The molecule has 8 heteroatoms. The van der Waals surface area contributed by atoms with Crippen LogP contribution < -0.4 is 16.4 Å². The maximum atomic E-state index is 12.9. The first-order chi connectivity index (χ1) is 13.8. The number of nitrogens with zero attached hydrogens (tertiary/aromatic N) is 2. The fourth-order valence-corrected chi connectivity index (χ4v) is 3.59. The molecular weight excluding hydrogens is 370 g/mol. The number of aromatic nitrogens is 1. The van der Waals surface area contributed by atoms with Gasteiger partial charge >= 0.3 is 11.8 Å². The smallest absolute Gasteiger partial charge is 0.313 e. The Balaban J connectivity index is 1.78. The van der Waals surface area contributed by atoms with Gasteiger partial charge in [0.25, 0.3) is 0 Å². The number of anilines is 2. The third-order valence-corrected chi connectivity index (χ3v) is 5.03. The highest BCUT2D eigenvalue weighted by molar-refractivity contribution is 6.39. The zero-order chi connectivity index (χ0) is 21.0. The zero-order valence-corrected chi connectivity index (χ0v) is 16.5. The van der Waals surface area contributed by atoms with Crippen molar-refractivity contribution in [1.29, 1.82) is 0 Å².